The normalized spacial score (nSPS) is 10.9. The summed E-state index contributed by atoms with van der Waals surface area (Å²) in [6.45, 7) is 5.57. The SMILES string of the molecule is Cc1ccc(C(C)C)c(OCC(=O)N/N=C\c2ccc(OCC(=O)O)cc2)c1. The minimum Gasteiger partial charge on any atom is -0.483 e. The van der Waals surface area contributed by atoms with E-state index in [0.717, 1.165) is 16.7 Å². The molecular weight excluding hydrogens is 360 g/mol. The van der Waals surface area contributed by atoms with Crippen molar-refractivity contribution in [2.24, 2.45) is 5.10 Å². The van der Waals surface area contributed by atoms with Crippen LogP contribution in [0.25, 0.3) is 0 Å². The fourth-order valence-corrected chi connectivity index (χ4v) is 2.39. The van der Waals surface area contributed by atoms with Crippen LogP contribution in [0.3, 0.4) is 0 Å². The fourth-order valence-electron chi connectivity index (χ4n) is 2.39. The smallest absolute Gasteiger partial charge is 0.341 e. The molecule has 2 rings (SSSR count). The second-order valence-corrected chi connectivity index (χ2v) is 6.53. The molecule has 28 heavy (non-hydrogen) atoms. The van der Waals surface area contributed by atoms with Gasteiger partial charge < -0.3 is 14.6 Å². The number of carboxylic acid groups (broad SMARTS) is 1. The zero-order valence-electron chi connectivity index (χ0n) is 16.1. The summed E-state index contributed by atoms with van der Waals surface area (Å²) in [5, 5.41) is 12.5. The molecule has 0 radical (unpaired) electrons. The highest BCUT2D eigenvalue weighted by Crippen LogP contribution is 2.27. The maximum Gasteiger partial charge on any atom is 0.341 e. The Hall–Kier alpha value is -3.35. The van der Waals surface area contributed by atoms with Crippen LogP contribution in [0.5, 0.6) is 11.5 Å². The first kappa shape index (κ1) is 21.0. The molecule has 0 aromatic heterocycles. The van der Waals surface area contributed by atoms with Gasteiger partial charge in [-0.1, -0.05) is 26.0 Å². The van der Waals surface area contributed by atoms with Crippen LogP contribution in [-0.4, -0.2) is 36.4 Å². The van der Waals surface area contributed by atoms with Crippen molar-refractivity contribution in [3.63, 3.8) is 0 Å². The van der Waals surface area contributed by atoms with E-state index >= 15 is 0 Å². The average Bonchev–Trinajstić information content (AvgIpc) is 2.65. The van der Waals surface area contributed by atoms with Gasteiger partial charge >= 0.3 is 5.97 Å². The van der Waals surface area contributed by atoms with Gasteiger partial charge in [-0.2, -0.15) is 5.10 Å². The van der Waals surface area contributed by atoms with Gasteiger partial charge in [0.2, 0.25) is 0 Å². The maximum absolute atomic E-state index is 12.0. The number of nitrogens with zero attached hydrogens (tertiary/aromatic N) is 1. The van der Waals surface area contributed by atoms with Gasteiger partial charge in [-0.15, -0.1) is 0 Å². The Balaban J connectivity index is 1.84. The van der Waals surface area contributed by atoms with Crippen molar-refractivity contribution in [2.45, 2.75) is 26.7 Å². The van der Waals surface area contributed by atoms with Gasteiger partial charge in [-0.25, -0.2) is 10.2 Å². The van der Waals surface area contributed by atoms with Gasteiger partial charge in [-0.3, -0.25) is 4.79 Å². The number of carbonyl (C=O) groups is 2. The highest BCUT2D eigenvalue weighted by molar-refractivity contribution is 5.83. The Morgan fingerprint density at radius 1 is 1.11 bits per heavy atom. The van der Waals surface area contributed by atoms with E-state index in [-0.39, 0.29) is 12.5 Å². The van der Waals surface area contributed by atoms with Gasteiger partial charge in [0.25, 0.3) is 5.91 Å². The molecule has 0 aliphatic carbocycles. The Morgan fingerprint density at radius 2 is 1.82 bits per heavy atom. The molecule has 2 aromatic carbocycles. The second-order valence-electron chi connectivity index (χ2n) is 6.53. The van der Waals surface area contributed by atoms with E-state index in [1.54, 1.807) is 24.3 Å². The Morgan fingerprint density at radius 3 is 2.46 bits per heavy atom. The summed E-state index contributed by atoms with van der Waals surface area (Å²) in [4.78, 5) is 22.4. The monoisotopic (exact) mass is 384 g/mol. The van der Waals surface area contributed by atoms with Crippen molar-refractivity contribution in [1.82, 2.24) is 5.43 Å². The molecule has 7 heteroatoms. The molecule has 0 unspecified atom stereocenters. The van der Waals surface area contributed by atoms with Crippen LogP contribution in [0.15, 0.2) is 47.6 Å². The molecule has 2 N–H and O–H groups in total. The fraction of sp³-hybridized carbons (Fsp3) is 0.286. The number of carboxylic acids is 1. The Bertz CT molecular complexity index is 844. The molecule has 0 saturated carbocycles. The Labute approximate surface area is 164 Å². The van der Waals surface area contributed by atoms with Gasteiger partial charge in [-0.05, 0) is 59.9 Å². The molecule has 0 saturated heterocycles. The van der Waals surface area contributed by atoms with Crippen molar-refractivity contribution in [3.05, 3.63) is 59.2 Å². The van der Waals surface area contributed by atoms with E-state index in [4.69, 9.17) is 14.6 Å². The van der Waals surface area contributed by atoms with Gasteiger partial charge in [0.1, 0.15) is 11.5 Å². The third-order valence-electron chi connectivity index (χ3n) is 3.80. The average molecular weight is 384 g/mol. The predicted octanol–water partition coefficient (Wildman–Crippen LogP) is 3.11. The molecule has 0 spiro atoms. The summed E-state index contributed by atoms with van der Waals surface area (Å²) in [6, 6.07) is 12.6. The number of hydrogen-bond acceptors (Lipinski definition) is 5. The predicted molar refractivity (Wildman–Crippen MR) is 106 cm³/mol. The van der Waals surface area contributed by atoms with Crippen LogP contribution in [0.2, 0.25) is 0 Å². The van der Waals surface area contributed by atoms with Gasteiger partial charge in [0.15, 0.2) is 13.2 Å². The number of nitrogens with one attached hydrogen (secondary N) is 1. The van der Waals surface area contributed by atoms with Crippen molar-refractivity contribution < 1.29 is 24.2 Å². The number of aliphatic carboxylic acids is 1. The largest absolute Gasteiger partial charge is 0.483 e. The van der Waals surface area contributed by atoms with Crippen LogP contribution in [-0.2, 0) is 9.59 Å². The third-order valence-corrected chi connectivity index (χ3v) is 3.80. The number of ether oxygens (including phenoxy) is 2. The lowest BCUT2D eigenvalue weighted by Crippen LogP contribution is -2.25. The summed E-state index contributed by atoms with van der Waals surface area (Å²) < 4.78 is 10.7. The summed E-state index contributed by atoms with van der Waals surface area (Å²) in [5.74, 6) is 0.0249. The van der Waals surface area contributed by atoms with Gasteiger partial charge in [0.05, 0.1) is 6.21 Å². The molecule has 0 heterocycles. The highest BCUT2D eigenvalue weighted by atomic mass is 16.5. The number of aryl methyl sites for hydroxylation is 1. The van der Waals surface area contributed by atoms with Gasteiger partial charge in [0, 0.05) is 0 Å². The summed E-state index contributed by atoms with van der Waals surface area (Å²) in [6.07, 6.45) is 1.48. The summed E-state index contributed by atoms with van der Waals surface area (Å²) >= 11 is 0. The van der Waals surface area contributed by atoms with E-state index in [1.165, 1.54) is 6.21 Å². The number of carbonyl (C=O) groups excluding carboxylic acids is 1. The third kappa shape index (κ3) is 6.75. The molecule has 148 valence electrons. The topological polar surface area (TPSA) is 97.2 Å². The maximum atomic E-state index is 12.0. The van der Waals surface area contributed by atoms with Crippen molar-refractivity contribution in [2.75, 3.05) is 13.2 Å². The zero-order valence-corrected chi connectivity index (χ0v) is 16.1. The molecule has 0 aliphatic rings. The quantitative estimate of drug-likeness (QED) is 0.511. The number of benzene rings is 2. The molecule has 0 aliphatic heterocycles. The minimum absolute atomic E-state index is 0.136. The lowest BCUT2D eigenvalue weighted by Gasteiger charge is -2.14. The molecule has 0 bridgehead atoms. The number of hydrogen-bond donors (Lipinski definition) is 2. The van der Waals surface area contributed by atoms with Crippen molar-refractivity contribution in [3.8, 4) is 11.5 Å². The summed E-state index contributed by atoms with van der Waals surface area (Å²) in [5.41, 5.74) is 5.25. The van der Waals surface area contributed by atoms with Crippen LogP contribution < -0.4 is 14.9 Å². The molecule has 1 amide bonds. The first-order valence-electron chi connectivity index (χ1n) is 8.85. The second kappa shape index (κ2) is 10.1. The first-order valence-corrected chi connectivity index (χ1v) is 8.85. The van der Waals surface area contributed by atoms with E-state index in [0.29, 0.717) is 17.4 Å². The number of hydrazone groups is 1. The van der Waals surface area contributed by atoms with Crippen LogP contribution >= 0.6 is 0 Å². The van der Waals surface area contributed by atoms with Crippen molar-refractivity contribution >= 4 is 18.1 Å². The van der Waals surface area contributed by atoms with E-state index in [9.17, 15) is 9.59 Å². The molecular formula is C21H24N2O5. The summed E-state index contributed by atoms with van der Waals surface area (Å²) in [7, 11) is 0. The highest BCUT2D eigenvalue weighted by Gasteiger charge is 2.10. The van der Waals surface area contributed by atoms with Crippen LogP contribution in [0.4, 0.5) is 0 Å². The molecule has 0 fully saturated rings. The first-order chi connectivity index (χ1) is 13.3. The standard InChI is InChI=1S/C21H24N2O5/c1-14(2)18-9-4-15(3)10-19(18)28-12-20(24)23-22-11-16-5-7-17(8-6-16)27-13-21(25)26/h4-11,14H,12-13H2,1-3H3,(H,23,24)(H,25,26)/b22-11-. The number of amides is 1. The molecule has 0 atom stereocenters. The van der Waals surface area contributed by atoms with E-state index in [2.05, 4.69) is 24.4 Å². The number of rotatable bonds is 9. The van der Waals surface area contributed by atoms with Crippen LogP contribution in [0.1, 0.15) is 36.5 Å². The zero-order chi connectivity index (χ0) is 20.5. The van der Waals surface area contributed by atoms with Crippen molar-refractivity contribution in [1.29, 1.82) is 0 Å². The molecule has 7 nitrogen and oxygen atoms in total. The molecule has 2 aromatic rings. The lowest BCUT2D eigenvalue weighted by molar-refractivity contribution is -0.139. The van der Waals surface area contributed by atoms with Crippen LogP contribution in [0, 0.1) is 6.92 Å². The minimum atomic E-state index is -1.04. The Kier molecular flexibility index (Phi) is 7.56. The van der Waals surface area contributed by atoms with E-state index < -0.39 is 12.6 Å². The lowest BCUT2D eigenvalue weighted by atomic mass is 10.0. The van der Waals surface area contributed by atoms with E-state index in [1.807, 2.05) is 25.1 Å².